The van der Waals surface area contributed by atoms with Gasteiger partial charge in [-0.3, -0.25) is 0 Å². The molecule has 0 amide bonds. The Bertz CT molecular complexity index is 3630. The molecule has 0 bridgehead atoms. The maximum atomic E-state index is 15.3. The molecule has 3 nitrogen and oxygen atoms in total. The van der Waals surface area contributed by atoms with Gasteiger partial charge in [0, 0.05) is 11.1 Å². The molecule has 0 saturated carbocycles. The van der Waals surface area contributed by atoms with Gasteiger partial charge in [0.15, 0.2) is 105 Å². The number of rotatable bonds is 7. The number of hydrogen-bond donors (Lipinski definition) is 0. The monoisotopic (exact) mass is 1060 g/mol. The number of hydrogen-bond acceptors (Lipinski definition) is 3. The van der Waals surface area contributed by atoms with Crippen LogP contribution >= 0.6 is 0 Å². The van der Waals surface area contributed by atoms with Crippen LogP contribution in [0.5, 0.6) is 0 Å². The van der Waals surface area contributed by atoms with Gasteiger partial charge in [0.2, 0.25) is 23.3 Å². The molecule has 0 atom stereocenters. The predicted octanol–water partition coefficient (Wildman–Crippen LogP) is 15.8. The fraction of sp³-hybridized carbons (Fsp3) is 0.0192. The van der Waals surface area contributed by atoms with Gasteiger partial charge >= 0.3 is 0 Å². The first-order valence-electron chi connectivity index (χ1n) is 20.9. The van der Waals surface area contributed by atoms with E-state index in [9.17, 15) is 52.7 Å². The van der Waals surface area contributed by atoms with Crippen molar-refractivity contribution in [1.82, 2.24) is 15.0 Å². The van der Waals surface area contributed by atoms with E-state index >= 15 is 35.1 Å². The number of halogens is 20. The average molecular weight is 1060 g/mol. The molecule has 0 radical (unpaired) electrons. The smallest absolute Gasteiger partial charge is 0.200 e. The summed E-state index contributed by atoms with van der Waals surface area (Å²) < 4.78 is 294. The minimum atomic E-state index is -2.54. The molecule has 10 rings (SSSR count). The Morgan fingerprint density at radius 3 is 0.760 bits per heavy atom. The van der Waals surface area contributed by atoms with E-state index in [1.165, 1.54) is 0 Å². The predicted molar refractivity (Wildman–Crippen MR) is 224 cm³/mol. The number of aromatic nitrogens is 3. The maximum absolute atomic E-state index is 15.3. The lowest BCUT2D eigenvalue weighted by Gasteiger charge is -2.17. The molecule has 75 heavy (non-hydrogen) atoms. The van der Waals surface area contributed by atoms with Crippen molar-refractivity contribution in [2.24, 2.45) is 0 Å². The summed E-state index contributed by atoms with van der Waals surface area (Å²) in [7, 11) is 0. The maximum Gasteiger partial charge on any atom is 0.200 e. The average Bonchev–Trinajstić information content (AvgIpc) is 3.75. The van der Waals surface area contributed by atoms with E-state index in [1.54, 1.807) is 0 Å². The fourth-order valence-corrected chi connectivity index (χ4v) is 8.68. The van der Waals surface area contributed by atoms with Crippen molar-refractivity contribution >= 4 is 0 Å². The molecule has 1 heterocycles. The van der Waals surface area contributed by atoms with Crippen molar-refractivity contribution in [3.05, 3.63) is 218 Å². The normalized spacial score (nSPS) is 12.2. The Morgan fingerprint density at radius 1 is 0.240 bits per heavy atom. The van der Waals surface area contributed by atoms with Crippen LogP contribution in [-0.4, -0.2) is 15.0 Å². The second-order valence-electron chi connectivity index (χ2n) is 16.3. The summed E-state index contributed by atoms with van der Waals surface area (Å²) in [5, 5.41) is 0. The van der Waals surface area contributed by atoms with Gasteiger partial charge in [-0.2, -0.15) is 0 Å². The van der Waals surface area contributed by atoms with Gasteiger partial charge in [-0.25, -0.2) is 103 Å². The number of fused-ring (bicyclic) bond motifs is 3. The van der Waals surface area contributed by atoms with Gasteiger partial charge in [0.05, 0.1) is 28.2 Å². The second kappa shape index (κ2) is 18.1. The highest BCUT2D eigenvalue weighted by molar-refractivity contribution is 5.87. The van der Waals surface area contributed by atoms with Crippen molar-refractivity contribution in [2.45, 2.75) is 5.92 Å². The summed E-state index contributed by atoms with van der Waals surface area (Å²) in [5.41, 5.74) is -10.3. The summed E-state index contributed by atoms with van der Waals surface area (Å²) >= 11 is 0. The van der Waals surface area contributed by atoms with Crippen LogP contribution in [0.1, 0.15) is 22.9 Å². The topological polar surface area (TPSA) is 38.7 Å². The summed E-state index contributed by atoms with van der Waals surface area (Å²) in [6.07, 6.45) is 0. The Morgan fingerprint density at radius 2 is 0.480 bits per heavy atom. The van der Waals surface area contributed by atoms with Crippen molar-refractivity contribution < 1.29 is 87.8 Å². The van der Waals surface area contributed by atoms with Crippen LogP contribution in [0.25, 0.3) is 78.4 Å². The Labute approximate surface area is 404 Å². The Balaban J connectivity index is 1.25. The van der Waals surface area contributed by atoms with Crippen molar-refractivity contribution in [1.29, 1.82) is 0 Å². The third-order valence-electron chi connectivity index (χ3n) is 12.2. The van der Waals surface area contributed by atoms with E-state index in [2.05, 4.69) is 15.0 Å². The van der Waals surface area contributed by atoms with E-state index in [4.69, 9.17) is 0 Å². The van der Waals surface area contributed by atoms with Crippen LogP contribution in [0.15, 0.2) is 84.9 Å². The zero-order chi connectivity index (χ0) is 54.0. The molecule has 1 aromatic heterocycles. The van der Waals surface area contributed by atoms with Crippen LogP contribution in [0, 0.1) is 116 Å². The molecule has 0 aliphatic heterocycles. The van der Waals surface area contributed by atoms with E-state index in [0.717, 1.165) is 84.9 Å². The molecular weight excluding hydrogens is 1050 g/mol. The van der Waals surface area contributed by atoms with Crippen LogP contribution < -0.4 is 0 Å². The first-order valence-corrected chi connectivity index (χ1v) is 20.9. The highest BCUT2D eigenvalue weighted by Gasteiger charge is 2.37. The Kier molecular flexibility index (Phi) is 12.0. The molecular formula is C52H15F20N3. The van der Waals surface area contributed by atoms with Crippen LogP contribution in [0.2, 0.25) is 0 Å². The third kappa shape index (κ3) is 7.64. The zero-order valence-corrected chi connectivity index (χ0v) is 36.1. The highest BCUT2D eigenvalue weighted by atomic mass is 19.2. The Hall–Kier alpha value is -8.63. The van der Waals surface area contributed by atoms with Crippen LogP contribution in [0.4, 0.5) is 87.8 Å². The SMILES string of the molecule is Fc1c(F)c(F)c(-c2cccc(-c3nc(-c4cccc(-c5c(F)c(F)c(F)c(F)c5F)c4)nc(C4c5ccc(-c6c(F)c(F)c(F)c(F)c6F)cc5-c5cc(-c6c(F)c(F)c(F)c(F)c6F)ccc54)n3)c2)c(F)c1F. The van der Waals surface area contributed by atoms with Gasteiger partial charge in [-0.05, 0) is 68.8 Å². The first kappa shape index (κ1) is 49.9. The third-order valence-corrected chi connectivity index (χ3v) is 12.2. The quantitative estimate of drug-likeness (QED) is 0.0907. The van der Waals surface area contributed by atoms with E-state index < -0.39 is 184 Å². The lowest BCUT2D eigenvalue weighted by molar-refractivity contribution is 0.381. The van der Waals surface area contributed by atoms with Gasteiger partial charge in [-0.1, -0.05) is 60.7 Å². The van der Waals surface area contributed by atoms with E-state index in [-0.39, 0.29) is 33.4 Å². The highest BCUT2D eigenvalue weighted by Crippen LogP contribution is 2.51. The molecule has 0 unspecified atom stereocenters. The molecule has 23 heteroatoms. The lowest BCUT2D eigenvalue weighted by atomic mass is 9.93. The number of nitrogens with zero attached hydrogens (tertiary/aromatic N) is 3. The summed E-state index contributed by atoms with van der Waals surface area (Å²) in [6, 6.07) is 13.2. The molecule has 9 aromatic rings. The molecule has 1 aliphatic carbocycles. The van der Waals surface area contributed by atoms with E-state index in [0.29, 0.717) is 0 Å². The van der Waals surface area contributed by atoms with Crippen LogP contribution in [0.3, 0.4) is 0 Å². The minimum Gasteiger partial charge on any atom is -0.212 e. The summed E-state index contributed by atoms with van der Waals surface area (Å²) in [6.45, 7) is 0. The lowest BCUT2D eigenvalue weighted by Crippen LogP contribution is -2.10. The zero-order valence-electron chi connectivity index (χ0n) is 36.1. The van der Waals surface area contributed by atoms with Crippen molar-refractivity contribution in [3.8, 4) is 78.4 Å². The standard InChI is InChI=1S/C52H15F20N3/c53-30-25(31(54)39(62)46(69)38(30)61)15-3-1-5-19(11-15)50-73-51(20-6-2-4-16(12-20)26-32(55)40(63)47(70)41(64)33(26)56)75-52(74-50)29-21-9-7-17(27-34(57)42(65)48(71)43(66)35(27)58)13-23(21)24-14-18(8-10-22(24)29)28-36(59)44(67)49(72)45(68)37(28)60/h1-14,29H. The molecule has 0 fully saturated rings. The number of benzene rings is 8. The van der Waals surface area contributed by atoms with Gasteiger partial charge in [0.1, 0.15) is 5.82 Å². The second-order valence-corrected chi connectivity index (χ2v) is 16.3. The van der Waals surface area contributed by atoms with Crippen LogP contribution in [-0.2, 0) is 0 Å². The van der Waals surface area contributed by atoms with E-state index in [1.807, 2.05) is 0 Å². The minimum absolute atomic E-state index is 0.124. The van der Waals surface area contributed by atoms with Crippen molar-refractivity contribution in [3.63, 3.8) is 0 Å². The van der Waals surface area contributed by atoms with Gasteiger partial charge in [0.25, 0.3) is 0 Å². The fourth-order valence-electron chi connectivity index (χ4n) is 8.68. The van der Waals surface area contributed by atoms with Gasteiger partial charge in [-0.15, -0.1) is 0 Å². The molecule has 0 N–H and O–H groups in total. The summed E-state index contributed by atoms with van der Waals surface area (Å²) in [4.78, 5) is 13.3. The molecule has 8 aromatic carbocycles. The molecule has 1 aliphatic rings. The molecule has 0 spiro atoms. The first-order chi connectivity index (χ1) is 35.5. The van der Waals surface area contributed by atoms with Gasteiger partial charge < -0.3 is 0 Å². The van der Waals surface area contributed by atoms with Crippen molar-refractivity contribution in [2.75, 3.05) is 0 Å². The summed E-state index contributed by atoms with van der Waals surface area (Å²) in [5.74, 6) is -50.6. The largest absolute Gasteiger partial charge is 0.212 e. The molecule has 378 valence electrons. The molecule has 0 saturated heterocycles.